The molecule has 0 radical (unpaired) electrons. The van der Waals surface area contributed by atoms with E-state index in [9.17, 15) is 0 Å². The van der Waals surface area contributed by atoms with E-state index < -0.39 is 0 Å². The van der Waals surface area contributed by atoms with Gasteiger partial charge in [0.2, 0.25) is 0 Å². The van der Waals surface area contributed by atoms with Gasteiger partial charge < -0.3 is 10.5 Å². The number of halogens is 2. The average Bonchev–Trinajstić information content (AvgIpc) is 2.41. The lowest BCUT2D eigenvalue weighted by atomic mass is 9.99. The molecule has 0 aromatic heterocycles. The standard InChI is InChI=1S/C15H15BrClNO/c1-2-19-14-8-7-10(16)9-12(14)15(18)11-5-3-4-6-13(11)17/h3-9,15H,2,18H2,1H3. The molecule has 0 fully saturated rings. The normalized spacial score (nSPS) is 12.2. The predicted molar refractivity (Wildman–Crippen MR) is 82.8 cm³/mol. The maximum atomic E-state index is 6.33. The molecule has 1 atom stereocenters. The van der Waals surface area contributed by atoms with Crippen molar-refractivity contribution < 1.29 is 4.74 Å². The van der Waals surface area contributed by atoms with Gasteiger partial charge in [0.1, 0.15) is 5.75 Å². The van der Waals surface area contributed by atoms with E-state index in [1.807, 2.05) is 49.4 Å². The first-order chi connectivity index (χ1) is 9.13. The fourth-order valence-electron chi connectivity index (χ4n) is 1.94. The van der Waals surface area contributed by atoms with Crippen LogP contribution in [0.3, 0.4) is 0 Å². The molecule has 2 aromatic carbocycles. The molecule has 2 nitrogen and oxygen atoms in total. The fourth-order valence-corrected chi connectivity index (χ4v) is 2.58. The van der Waals surface area contributed by atoms with Gasteiger partial charge in [0, 0.05) is 15.1 Å². The van der Waals surface area contributed by atoms with E-state index in [4.69, 9.17) is 22.1 Å². The SMILES string of the molecule is CCOc1ccc(Br)cc1C(N)c1ccccc1Cl. The number of rotatable bonds is 4. The van der Waals surface area contributed by atoms with E-state index in [2.05, 4.69) is 15.9 Å². The van der Waals surface area contributed by atoms with Crippen molar-refractivity contribution in [2.24, 2.45) is 5.73 Å². The highest BCUT2D eigenvalue weighted by molar-refractivity contribution is 9.10. The van der Waals surface area contributed by atoms with Crippen LogP contribution in [0.25, 0.3) is 0 Å². The van der Waals surface area contributed by atoms with Crippen LogP contribution in [0.1, 0.15) is 24.1 Å². The summed E-state index contributed by atoms with van der Waals surface area (Å²) < 4.78 is 6.60. The Morgan fingerprint density at radius 1 is 1.21 bits per heavy atom. The Hall–Kier alpha value is -1.03. The summed E-state index contributed by atoms with van der Waals surface area (Å²) in [6.07, 6.45) is 0. The molecule has 0 aliphatic rings. The van der Waals surface area contributed by atoms with Crippen LogP contribution >= 0.6 is 27.5 Å². The van der Waals surface area contributed by atoms with Gasteiger partial charge in [0.25, 0.3) is 0 Å². The molecule has 19 heavy (non-hydrogen) atoms. The molecule has 0 aliphatic carbocycles. The molecule has 0 saturated carbocycles. The highest BCUT2D eigenvalue weighted by Gasteiger charge is 2.17. The second-order valence-corrected chi connectivity index (χ2v) is 5.44. The van der Waals surface area contributed by atoms with Crippen LogP contribution in [0.5, 0.6) is 5.75 Å². The summed E-state index contributed by atoms with van der Waals surface area (Å²) in [7, 11) is 0. The van der Waals surface area contributed by atoms with E-state index >= 15 is 0 Å². The Morgan fingerprint density at radius 2 is 1.95 bits per heavy atom. The Bertz CT molecular complexity index is 574. The zero-order valence-electron chi connectivity index (χ0n) is 10.6. The number of benzene rings is 2. The molecule has 0 heterocycles. The third-order valence-electron chi connectivity index (χ3n) is 2.85. The minimum atomic E-state index is -0.312. The molecule has 0 amide bonds. The topological polar surface area (TPSA) is 35.2 Å². The summed E-state index contributed by atoms with van der Waals surface area (Å²) >= 11 is 9.67. The lowest BCUT2D eigenvalue weighted by Gasteiger charge is -2.18. The predicted octanol–water partition coefficient (Wildman–Crippen LogP) is 4.55. The van der Waals surface area contributed by atoms with Crippen LogP contribution in [0.2, 0.25) is 5.02 Å². The average molecular weight is 341 g/mol. The third-order valence-corrected chi connectivity index (χ3v) is 3.68. The molecule has 2 aromatic rings. The van der Waals surface area contributed by atoms with Gasteiger partial charge in [-0.15, -0.1) is 0 Å². The lowest BCUT2D eigenvalue weighted by molar-refractivity contribution is 0.335. The molecule has 2 N–H and O–H groups in total. The Kier molecular flexibility index (Phi) is 4.86. The quantitative estimate of drug-likeness (QED) is 0.886. The highest BCUT2D eigenvalue weighted by atomic mass is 79.9. The first-order valence-corrected chi connectivity index (χ1v) is 7.22. The zero-order chi connectivity index (χ0) is 13.8. The largest absolute Gasteiger partial charge is 0.494 e. The Labute approximate surface area is 126 Å². The van der Waals surface area contributed by atoms with Gasteiger partial charge in [-0.1, -0.05) is 45.7 Å². The van der Waals surface area contributed by atoms with Crippen LogP contribution < -0.4 is 10.5 Å². The van der Waals surface area contributed by atoms with Crippen molar-refractivity contribution in [3.63, 3.8) is 0 Å². The molecule has 4 heteroatoms. The second kappa shape index (κ2) is 6.42. The van der Waals surface area contributed by atoms with E-state index in [-0.39, 0.29) is 6.04 Å². The Morgan fingerprint density at radius 3 is 2.63 bits per heavy atom. The van der Waals surface area contributed by atoms with Crippen LogP contribution in [0, 0.1) is 0 Å². The molecule has 0 saturated heterocycles. The molecule has 0 bridgehead atoms. The van der Waals surface area contributed by atoms with E-state index in [1.165, 1.54) is 0 Å². The van der Waals surface area contributed by atoms with Gasteiger partial charge in [-0.3, -0.25) is 0 Å². The van der Waals surface area contributed by atoms with Crippen LogP contribution in [0.15, 0.2) is 46.9 Å². The molecule has 2 rings (SSSR count). The molecule has 1 unspecified atom stereocenters. The number of hydrogen-bond donors (Lipinski definition) is 1. The van der Waals surface area contributed by atoms with Crippen molar-refractivity contribution in [2.45, 2.75) is 13.0 Å². The van der Waals surface area contributed by atoms with E-state index in [0.717, 1.165) is 21.3 Å². The number of nitrogens with two attached hydrogens (primary N) is 1. The van der Waals surface area contributed by atoms with Gasteiger partial charge in [0.05, 0.1) is 12.6 Å². The fraction of sp³-hybridized carbons (Fsp3) is 0.200. The van der Waals surface area contributed by atoms with Crippen molar-refractivity contribution in [3.05, 3.63) is 63.1 Å². The highest BCUT2D eigenvalue weighted by Crippen LogP contribution is 2.33. The van der Waals surface area contributed by atoms with Crippen molar-refractivity contribution in [3.8, 4) is 5.75 Å². The van der Waals surface area contributed by atoms with Gasteiger partial charge in [-0.05, 0) is 36.8 Å². The molecular weight excluding hydrogens is 326 g/mol. The van der Waals surface area contributed by atoms with Gasteiger partial charge in [-0.2, -0.15) is 0 Å². The first-order valence-electron chi connectivity index (χ1n) is 6.05. The van der Waals surface area contributed by atoms with Crippen LogP contribution in [-0.4, -0.2) is 6.61 Å². The van der Waals surface area contributed by atoms with Crippen molar-refractivity contribution in [2.75, 3.05) is 6.61 Å². The van der Waals surface area contributed by atoms with Gasteiger partial charge in [0.15, 0.2) is 0 Å². The minimum absolute atomic E-state index is 0.312. The van der Waals surface area contributed by atoms with Crippen LogP contribution in [0.4, 0.5) is 0 Å². The molecule has 100 valence electrons. The molecular formula is C15H15BrClNO. The van der Waals surface area contributed by atoms with Gasteiger partial charge in [-0.25, -0.2) is 0 Å². The summed E-state index contributed by atoms with van der Waals surface area (Å²) in [5, 5.41) is 0.664. The lowest BCUT2D eigenvalue weighted by Crippen LogP contribution is -2.14. The first kappa shape index (κ1) is 14.4. The van der Waals surface area contributed by atoms with Gasteiger partial charge >= 0.3 is 0 Å². The van der Waals surface area contributed by atoms with Crippen molar-refractivity contribution in [1.82, 2.24) is 0 Å². The third kappa shape index (κ3) is 3.30. The summed E-state index contributed by atoms with van der Waals surface area (Å²) in [4.78, 5) is 0. The Balaban J connectivity index is 2.45. The maximum Gasteiger partial charge on any atom is 0.124 e. The summed E-state index contributed by atoms with van der Waals surface area (Å²) in [6, 6.07) is 13.1. The second-order valence-electron chi connectivity index (χ2n) is 4.11. The van der Waals surface area contributed by atoms with Crippen molar-refractivity contribution >= 4 is 27.5 Å². The molecule has 0 spiro atoms. The van der Waals surface area contributed by atoms with E-state index in [0.29, 0.717) is 11.6 Å². The molecule has 0 aliphatic heterocycles. The van der Waals surface area contributed by atoms with Crippen molar-refractivity contribution in [1.29, 1.82) is 0 Å². The van der Waals surface area contributed by atoms with E-state index in [1.54, 1.807) is 0 Å². The monoisotopic (exact) mass is 339 g/mol. The minimum Gasteiger partial charge on any atom is -0.494 e. The van der Waals surface area contributed by atoms with Crippen LogP contribution in [-0.2, 0) is 0 Å². The smallest absolute Gasteiger partial charge is 0.124 e. The maximum absolute atomic E-state index is 6.33. The summed E-state index contributed by atoms with van der Waals surface area (Å²) in [5.74, 6) is 0.790. The summed E-state index contributed by atoms with van der Waals surface area (Å²) in [5.41, 5.74) is 8.14. The zero-order valence-corrected chi connectivity index (χ0v) is 12.9. The summed E-state index contributed by atoms with van der Waals surface area (Å²) in [6.45, 7) is 2.55. The number of hydrogen-bond acceptors (Lipinski definition) is 2. The number of ether oxygens (including phenoxy) is 1.